The van der Waals surface area contributed by atoms with Gasteiger partial charge in [0.05, 0.1) is 11.3 Å². The minimum atomic E-state index is 0.509. The minimum Gasteiger partial charge on any atom is -0.361 e. The second kappa shape index (κ2) is 10.8. The highest BCUT2D eigenvalue weighted by Gasteiger charge is 2.11. The number of hydrogen-bond acceptors (Lipinski definition) is 5. The van der Waals surface area contributed by atoms with Crippen molar-refractivity contribution in [1.82, 2.24) is 20.2 Å². The molecule has 6 heteroatoms. The molecule has 0 unspecified atom stereocenters. The number of benzene rings is 2. The topological polar surface area (TPSA) is 79.8 Å². The Morgan fingerprint density at radius 3 is 2.65 bits per heavy atom. The van der Waals surface area contributed by atoms with Crippen LogP contribution in [0.25, 0.3) is 23.1 Å². The first kappa shape index (κ1) is 23.2. The number of aromatic amines is 1. The fraction of sp³-hybridized carbons (Fsp3) is 0.214. The molecule has 0 fully saturated rings. The molecule has 0 atom stereocenters. The summed E-state index contributed by atoms with van der Waals surface area (Å²) < 4.78 is 0. The van der Waals surface area contributed by atoms with Crippen molar-refractivity contribution in [3.63, 3.8) is 0 Å². The van der Waals surface area contributed by atoms with Gasteiger partial charge in [0.25, 0.3) is 0 Å². The van der Waals surface area contributed by atoms with Crippen LogP contribution in [0, 0.1) is 18.3 Å². The predicted octanol–water partition coefficient (Wildman–Crippen LogP) is 5.31. The highest BCUT2D eigenvalue weighted by Crippen LogP contribution is 2.31. The molecule has 2 heterocycles. The lowest BCUT2D eigenvalue weighted by molar-refractivity contribution is 0.400. The van der Waals surface area contributed by atoms with Gasteiger partial charge in [-0.25, -0.2) is 0 Å². The van der Waals surface area contributed by atoms with Gasteiger partial charge in [-0.1, -0.05) is 36.4 Å². The molecular formula is C28H30N6. The van der Waals surface area contributed by atoms with E-state index in [-0.39, 0.29) is 0 Å². The molecule has 0 saturated heterocycles. The molecule has 3 N–H and O–H groups in total. The normalized spacial score (nSPS) is 11.4. The van der Waals surface area contributed by atoms with E-state index in [1.165, 1.54) is 5.56 Å². The van der Waals surface area contributed by atoms with Crippen LogP contribution in [0.4, 0.5) is 11.4 Å². The summed E-state index contributed by atoms with van der Waals surface area (Å²) in [6, 6.07) is 16.9. The average Bonchev–Trinajstić information content (AvgIpc) is 3.33. The Labute approximate surface area is 201 Å². The van der Waals surface area contributed by atoms with Crippen LogP contribution in [0.1, 0.15) is 27.8 Å². The van der Waals surface area contributed by atoms with E-state index < -0.39 is 0 Å². The van der Waals surface area contributed by atoms with E-state index in [0.717, 1.165) is 58.6 Å². The summed E-state index contributed by atoms with van der Waals surface area (Å²) in [6.07, 6.45) is 9.38. The third-order valence-electron chi connectivity index (χ3n) is 5.86. The molecule has 0 bridgehead atoms. The first-order chi connectivity index (χ1) is 16.5. The number of aryl methyl sites for hydroxylation is 1. The Morgan fingerprint density at radius 1 is 1.06 bits per heavy atom. The van der Waals surface area contributed by atoms with Gasteiger partial charge in [-0.15, -0.1) is 0 Å². The van der Waals surface area contributed by atoms with Crippen molar-refractivity contribution < 1.29 is 0 Å². The Bertz CT molecular complexity index is 1330. The van der Waals surface area contributed by atoms with Crippen molar-refractivity contribution in [3.8, 4) is 6.07 Å². The molecule has 4 rings (SSSR count). The molecular weight excluding hydrogens is 420 g/mol. The maximum absolute atomic E-state index is 9.70. The van der Waals surface area contributed by atoms with Crippen molar-refractivity contribution in [3.05, 3.63) is 88.9 Å². The van der Waals surface area contributed by atoms with Crippen LogP contribution in [0.2, 0.25) is 0 Å². The molecule has 0 aliphatic heterocycles. The Balaban J connectivity index is 1.52. The van der Waals surface area contributed by atoms with Crippen LogP contribution in [-0.4, -0.2) is 42.1 Å². The average molecular weight is 451 g/mol. The molecule has 0 amide bonds. The smallest absolute Gasteiger partial charge is 0.103 e. The number of fused-ring (bicyclic) bond motifs is 1. The maximum atomic E-state index is 9.70. The first-order valence-electron chi connectivity index (χ1n) is 11.4. The van der Waals surface area contributed by atoms with E-state index in [0.29, 0.717) is 5.56 Å². The lowest BCUT2D eigenvalue weighted by atomic mass is 10.1. The number of nitrogens with one attached hydrogen (secondary N) is 3. The number of H-pyrrole nitrogens is 1. The molecule has 0 aliphatic rings. The van der Waals surface area contributed by atoms with Crippen LogP contribution in [0.3, 0.4) is 0 Å². The summed E-state index contributed by atoms with van der Waals surface area (Å²) in [4.78, 5) is 9.68. The zero-order chi connectivity index (χ0) is 23.9. The van der Waals surface area contributed by atoms with Gasteiger partial charge in [-0.05, 0) is 55.9 Å². The molecule has 2 aromatic carbocycles. The summed E-state index contributed by atoms with van der Waals surface area (Å²) in [5, 5.41) is 17.8. The quantitative estimate of drug-likeness (QED) is 0.301. The molecule has 172 valence electrons. The second-order valence-electron chi connectivity index (χ2n) is 8.62. The number of aromatic nitrogens is 2. The summed E-state index contributed by atoms with van der Waals surface area (Å²) >= 11 is 0. The van der Waals surface area contributed by atoms with Crippen LogP contribution in [-0.2, 0) is 6.54 Å². The van der Waals surface area contributed by atoms with E-state index in [1.807, 2.05) is 24.4 Å². The number of hydrogen-bond donors (Lipinski definition) is 3. The fourth-order valence-electron chi connectivity index (χ4n) is 3.85. The van der Waals surface area contributed by atoms with Crippen molar-refractivity contribution in [2.24, 2.45) is 0 Å². The van der Waals surface area contributed by atoms with E-state index >= 15 is 0 Å². The van der Waals surface area contributed by atoms with Crippen molar-refractivity contribution in [2.75, 3.05) is 32.5 Å². The maximum Gasteiger partial charge on any atom is 0.103 e. The van der Waals surface area contributed by atoms with Crippen LogP contribution in [0.5, 0.6) is 0 Å². The zero-order valence-corrected chi connectivity index (χ0v) is 19.9. The lowest BCUT2D eigenvalue weighted by Crippen LogP contribution is -2.26. The van der Waals surface area contributed by atoms with Gasteiger partial charge in [-0.2, -0.15) is 5.26 Å². The standard InChI is InChI=1S/C28H30N6/c1-20-25-12-13-32-27(25)11-10-26(20)33-28-23(18-31-19-24(28)16-29)9-8-21-4-6-22(7-5-21)17-30-14-15-34(2)3/h4-13,18-19,30,32H,14-15,17H2,1-3H3,(H,31,33). The van der Waals surface area contributed by atoms with Gasteiger partial charge in [0, 0.05) is 60.4 Å². The third-order valence-corrected chi connectivity index (χ3v) is 5.86. The van der Waals surface area contributed by atoms with E-state index in [9.17, 15) is 5.26 Å². The highest BCUT2D eigenvalue weighted by atomic mass is 15.1. The van der Waals surface area contributed by atoms with Crippen molar-refractivity contribution >= 4 is 34.4 Å². The van der Waals surface area contributed by atoms with Gasteiger partial charge < -0.3 is 20.5 Å². The number of rotatable bonds is 9. The van der Waals surface area contributed by atoms with Crippen LogP contribution < -0.4 is 10.6 Å². The fourth-order valence-corrected chi connectivity index (χ4v) is 3.85. The summed E-state index contributed by atoms with van der Waals surface area (Å²) in [7, 11) is 4.15. The summed E-state index contributed by atoms with van der Waals surface area (Å²) in [5.74, 6) is 0. The highest BCUT2D eigenvalue weighted by molar-refractivity contribution is 5.90. The van der Waals surface area contributed by atoms with Gasteiger partial charge in [0.15, 0.2) is 0 Å². The molecule has 2 aromatic heterocycles. The monoisotopic (exact) mass is 450 g/mol. The Hall–Kier alpha value is -3.92. The van der Waals surface area contributed by atoms with Crippen molar-refractivity contribution in [1.29, 1.82) is 5.26 Å². The van der Waals surface area contributed by atoms with E-state index in [2.05, 4.69) is 89.0 Å². The van der Waals surface area contributed by atoms with Crippen molar-refractivity contribution in [2.45, 2.75) is 13.5 Å². The molecule has 0 radical (unpaired) electrons. The molecule has 0 saturated carbocycles. The Morgan fingerprint density at radius 2 is 1.88 bits per heavy atom. The van der Waals surface area contributed by atoms with Gasteiger partial charge in [0.2, 0.25) is 0 Å². The number of pyridine rings is 1. The minimum absolute atomic E-state index is 0.509. The van der Waals surface area contributed by atoms with E-state index in [4.69, 9.17) is 0 Å². The zero-order valence-electron chi connectivity index (χ0n) is 19.9. The summed E-state index contributed by atoms with van der Waals surface area (Å²) in [5.41, 5.74) is 7.66. The van der Waals surface area contributed by atoms with Gasteiger partial charge in [0.1, 0.15) is 6.07 Å². The molecule has 34 heavy (non-hydrogen) atoms. The number of likely N-dealkylation sites (N-methyl/N-ethyl adjacent to an activating group) is 1. The lowest BCUT2D eigenvalue weighted by Gasteiger charge is -2.14. The predicted molar refractivity (Wildman–Crippen MR) is 141 cm³/mol. The van der Waals surface area contributed by atoms with Crippen LogP contribution >= 0.6 is 0 Å². The molecule has 0 spiro atoms. The van der Waals surface area contributed by atoms with Crippen LogP contribution in [0.15, 0.2) is 61.1 Å². The molecule has 0 aliphatic carbocycles. The largest absolute Gasteiger partial charge is 0.361 e. The van der Waals surface area contributed by atoms with E-state index in [1.54, 1.807) is 12.4 Å². The van der Waals surface area contributed by atoms with Gasteiger partial charge >= 0.3 is 0 Å². The molecule has 4 aromatic rings. The molecule has 6 nitrogen and oxygen atoms in total. The Kier molecular flexibility index (Phi) is 7.38. The first-order valence-corrected chi connectivity index (χ1v) is 11.4. The SMILES string of the molecule is Cc1c(Nc2c(C#N)cncc2C=Cc2ccc(CNCCN(C)C)cc2)ccc2[nH]ccc12. The third kappa shape index (κ3) is 5.52. The summed E-state index contributed by atoms with van der Waals surface area (Å²) in [6.45, 7) is 4.91. The van der Waals surface area contributed by atoms with Gasteiger partial charge in [-0.3, -0.25) is 4.98 Å². The number of nitriles is 1. The second-order valence-corrected chi connectivity index (χ2v) is 8.62. The number of nitrogens with zero attached hydrogens (tertiary/aromatic N) is 3. The number of anilines is 2.